The lowest BCUT2D eigenvalue weighted by atomic mass is 10.1. The first-order valence-electron chi connectivity index (χ1n) is 9.74. The zero-order chi connectivity index (χ0) is 17.9. The van der Waals surface area contributed by atoms with E-state index in [1.165, 1.54) is 0 Å². The summed E-state index contributed by atoms with van der Waals surface area (Å²) < 4.78 is 7.31. The Morgan fingerprint density at radius 1 is 1.12 bits per heavy atom. The Bertz CT molecular complexity index is 811. The zero-order valence-corrected chi connectivity index (χ0v) is 15.6. The van der Waals surface area contributed by atoms with E-state index in [1.807, 2.05) is 31.3 Å². The average Bonchev–Trinajstić information content (AvgIpc) is 2.97. The van der Waals surface area contributed by atoms with E-state index in [9.17, 15) is 4.79 Å². The first kappa shape index (κ1) is 17.6. The molecule has 1 aromatic carbocycles. The summed E-state index contributed by atoms with van der Waals surface area (Å²) in [5, 5.41) is 0.702. The lowest BCUT2D eigenvalue weighted by molar-refractivity contribution is 0.136. The highest BCUT2D eigenvalue weighted by Gasteiger charge is 2.29. The molecule has 1 unspecified atom stereocenters. The van der Waals surface area contributed by atoms with Gasteiger partial charge in [-0.3, -0.25) is 19.2 Å². The fourth-order valence-corrected chi connectivity index (χ4v) is 4.21. The lowest BCUT2D eigenvalue weighted by Gasteiger charge is -2.28. The van der Waals surface area contributed by atoms with Gasteiger partial charge in [-0.25, -0.2) is 4.98 Å². The van der Waals surface area contributed by atoms with Crippen LogP contribution in [0.4, 0.5) is 0 Å². The molecule has 2 aliphatic rings. The Hall–Kier alpha value is -1.76. The molecule has 0 amide bonds. The van der Waals surface area contributed by atoms with Gasteiger partial charge in [-0.2, -0.15) is 0 Å². The molecule has 0 aliphatic carbocycles. The molecule has 0 radical (unpaired) electrons. The highest BCUT2D eigenvalue weighted by atomic mass is 16.5. The van der Waals surface area contributed by atoms with Gasteiger partial charge < -0.3 is 4.74 Å². The van der Waals surface area contributed by atoms with Crippen LogP contribution in [0.3, 0.4) is 0 Å². The first-order valence-corrected chi connectivity index (χ1v) is 9.74. The van der Waals surface area contributed by atoms with Crippen LogP contribution in [0.15, 0.2) is 29.1 Å². The maximum Gasteiger partial charge on any atom is 0.261 e. The molecule has 4 rings (SSSR count). The standard InChI is InChI=1S/C20H28N4O2/c1-22-19(21-17-7-3-2-6-16(17)20(22)25)18-8-4-10-24(18)12-11-23-9-5-14-26-15-13-23/h2-3,6-7,18H,4-5,8-15H2,1H3. The Morgan fingerprint density at radius 2 is 2.00 bits per heavy atom. The van der Waals surface area contributed by atoms with E-state index in [2.05, 4.69) is 9.80 Å². The molecule has 0 spiro atoms. The third kappa shape index (κ3) is 3.54. The fourth-order valence-electron chi connectivity index (χ4n) is 4.21. The average molecular weight is 356 g/mol. The van der Waals surface area contributed by atoms with E-state index in [0.29, 0.717) is 5.39 Å². The highest BCUT2D eigenvalue weighted by molar-refractivity contribution is 5.77. The summed E-state index contributed by atoms with van der Waals surface area (Å²) in [5.74, 6) is 0.908. The maximum atomic E-state index is 12.7. The minimum atomic E-state index is 0.0575. The van der Waals surface area contributed by atoms with Crippen LogP contribution in [0.2, 0.25) is 0 Å². The van der Waals surface area contributed by atoms with Crippen molar-refractivity contribution in [2.24, 2.45) is 7.05 Å². The molecule has 6 heteroatoms. The van der Waals surface area contributed by atoms with Crippen molar-refractivity contribution in [1.29, 1.82) is 0 Å². The van der Waals surface area contributed by atoms with E-state index in [1.54, 1.807) is 4.57 Å². The van der Waals surface area contributed by atoms with Gasteiger partial charge >= 0.3 is 0 Å². The van der Waals surface area contributed by atoms with Crippen LogP contribution in [-0.2, 0) is 11.8 Å². The van der Waals surface area contributed by atoms with Crippen LogP contribution < -0.4 is 5.56 Å². The number of benzene rings is 1. The van der Waals surface area contributed by atoms with Gasteiger partial charge in [0.2, 0.25) is 0 Å². The number of aromatic nitrogens is 2. The van der Waals surface area contributed by atoms with Gasteiger partial charge in [-0.1, -0.05) is 12.1 Å². The van der Waals surface area contributed by atoms with Crippen LogP contribution in [0.1, 0.15) is 31.1 Å². The van der Waals surface area contributed by atoms with Crippen LogP contribution in [0.5, 0.6) is 0 Å². The molecular formula is C20H28N4O2. The predicted octanol–water partition coefficient (Wildman–Crippen LogP) is 1.79. The lowest BCUT2D eigenvalue weighted by Crippen LogP contribution is -2.37. The van der Waals surface area contributed by atoms with Crippen LogP contribution >= 0.6 is 0 Å². The van der Waals surface area contributed by atoms with Crippen molar-refractivity contribution < 1.29 is 4.74 Å². The highest BCUT2D eigenvalue weighted by Crippen LogP contribution is 2.30. The zero-order valence-electron chi connectivity index (χ0n) is 15.6. The van der Waals surface area contributed by atoms with Crippen LogP contribution in [0.25, 0.3) is 10.9 Å². The summed E-state index contributed by atoms with van der Waals surface area (Å²) in [6, 6.07) is 7.89. The van der Waals surface area contributed by atoms with Crippen molar-refractivity contribution in [1.82, 2.24) is 19.4 Å². The number of rotatable bonds is 4. The molecule has 0 saturated carbocycles. The smallest absolute Gasteiger partial charge is 0.261 e. The number of nitrogens with zero attached hydrogens (tertiary/aromatic N) is 4. The van der Waals surface area contributed by atoms with Gasteiger partial charge in [-0.15, -0.1) is 0 Å². The Labute approximate surface area is 154 Å². The number of hydrogen-bond acceptors (Lipinski definition) is 5. The van der Waals surface area contributed by atoms with E-state index in [0.717, 1.165) is 76.5 Å². The van der Waals surface area contributed by atoms with E-state index in [-0.39, 0.29) is 11.6 Å². The van der Waals surface area contributed by atoms with Crippen LogP contribution in [-0.4, -0.2) is 65.3 Å². The van der Waals surface area contributed by atoms with Gasteiger partial charge in [0, 0.05) is 39.8 Å². The van der Waals surface area contributed by atoms with Gasteiger partial charge in [0.05, 0.1) is 23.6 Å². The molecule has 140 valence electrons. The topological polar surface area (TPSA) is 50.6 Å². The van der Waals surface area contributed by atoms with Gasteiger partial charge in [-0.05, 0) is 37.9 Å². The SMILES string of the molecule is Cn1c(C2CCCN2CCN2CCCOCC2)nc2ccccc2c1=O. The molecule has 2 aliphatic heterocycles. The normalized spacial score (nSPS) is 22.7. The summed E-state index contributed by atoms with van der Waals surface area (Å²) >= 11 is 0. The Balaban J connectivity index is 1.53. The second kappa shape index (κ2) is 7.86. The third-order valence-corrected chi connectivity index (χ3v) is 5.70. The number of para-hydroxylation sites is 1. The summed E-state index contributed by atoms with van der Waals surface area (Å²) in [6.07, 6.45) is 3.35. The van der Waals surface area contributed by atoms with Gasteiger partial charge in [0.25, 0.3) is 5.56 Å². The van der Waals surface area contributed by atoms with Crippen molar-refractivity contribution >= 4 is 10.9 Å². The molecular weight excluding hydrogens is 328 g/mol. The Morgan fingerprint density at radius 3 is 2.92 bits per heavy atom. The van der Waals surface area contributed by atoms with E-state index >= 15 is 0 Å². The van der Waals surface area contributed by atoms with Crippen molar-refractivity contribution in [3.8, 4) is 0 Å². The minimum Gasteiger partial charge on any atom is -0.380 e. The molecule has 1 atom stereocenters. The molecule has 2 fully saturated rings. The number of likely N-dealkylation sites (tertiary alicyclic amines) is 1. The van der Waals surface area contributed by atoms with Gasteiger partial charge in [0.15, 0.2) is 0 Å². The third-order valence-electron chi connectivity index (χ3n) is 5.70. The maximum absolute atomic E-state index is 12.7. The number of fused-ring (bicyclic) bond motifs is 1. The van der Waals surface area contributed by atoms with Gasteiger partial charge in [0.1, 0.15) is 5.82 Å². The first-order chi connectivity index (χ1) is 12.7. The molecule has 3 heterocycles. The van der Waals surface area contributed by atoms with Crippen molar-refractivity contribution in [3.63, 3.8) is 0 Å². The van der Waals surface area contributed by atoms with Crippen molar-refractivity contribution in [3.05, 3.63) is 40.4 Å². The predicted molar refractivity (Wildman–Crippen MR) is 102 cm³/mol. The summed E-state index contributed by atoms with van der Waals surface area (Å²) in [5.41, 5.74) is 0.865. The molecule has 2 aromatic rings. The van der Waals surface area contributed by atoms with Crippen molar-refractivity contribution in [2.45, 2.75) is 25.3 Å². The Kier molecular flexibility index (Phi) is 5.33. The monoisotopic (exact) mass is 356 g/mol. The fraction of sp³-hybridized carbons (Fsp3) is 0.600. The molecule has 26 heavy (non-hydrogen) atoms. The number of ether oxygens (including phenoxy) is 1. The molecule has 6 nitrogen and oxygen atoms in total. The van der Waals surface area contributed by atoms with Crippen LogP contribution in [0, 0.1) is 0 Å². The summed E-state index contributed by atoms with van der Waals surface area (Å²) in [7, 11) is 1.86. The molecule has 0 N–H and O–H groups in total. The molecule has 0 bridgehead atoms. The molecule has 1 aromatic heterocycles. The second-order valence-electron chi connectivity index (χ2n) is 7.35. The number of hydrogen-bond donors (Lipinski definition) is 0. The largest absolute Gasteiger partial charge is 0.380 e. The summed E-state index contributed by atoms with van der Waals surface area (Å²) in [6.45, 7) is 7.01. The van der Waals surface area contributed by atoms with E-state index in [4.69, 9.17) is 9.72 Å². The van der Waals surface area contributed by atoms with E-state index < -0.39 is 0 Å². The minimum absolute atomic E-state index is 0.0575. The van der Waals surface area contributed by atoms with Crippen molar-refractivity contribution in [2.75, 3.05) is 45.9 Å². The molecule has 2 saturated heterocycles. The quantitative estimate of drug-likeness (QED) is 0.836. The summed E-state index contributed by atoms with van der Waals surface area (Å²) in [4.78, 5) is 22.6. The second-order valence-corrected chi connectivity index (χ2v) is 7.35.